The van der Waals surface area contributed by atoms with Gasteiger partial charge in [-0.3, -0.25) is 0 Å². The van der Waals surface area contributed by atoms with Crippen LogP contribution in [0.2, 0.25) is 0 Å². The first kappa shape index (κ1) is 17.8. The molecule has 0 aromatic heterocycles. The Hall–Kier alpha value is -2.03. The van der Waals surface area contributed by atoms with E-state index in [1.165, 1.54) is 16.4 Å². The Bertz CT molecular complexity index is 864. The Kier molecular flexibility index (Phi) is 5.31. The van der Waals surface area contributed by atoms with Crippen molar-refractivity contribution >= 4 is 38.7 Å². The molecule has 0 atom stereocenters. The van der Waals surface area contributed by atoms with Gasteiger partial charge in [0, 0.05) is 24.5 Å². The van der Waals surface area contributed by atoms with Gasteiger partial charge in [-0.1, -0.05) is 6.07 Å². The van der Waals surface area contributed by atoms with E-state index < -0.39 is 10.0 Å². The molecular formula is C17H18FN3O2S2. The molecular weight excluding hydrogens is 361 g/mol. The van der Waals surface area contributed by atoms with Crippen LogP contribution in [-0.2, 0) is 10.0 Å². The van der Waals surface area contributed by atoms with Gasteiger partial charge in [0.25, 0.3) is 0 Å². The average Bonchev–Trinajstić information content (AvgIpc) is 3.10. The second kappa shape index (κ2) is 7.47. The van der Waals surface area contributed by atoms with Crippen molar-refractivity contribution in [2.24, 2.45) is 0 Å². The summed E-state index contributed by atoms with van der Waals surface area (Å²) in [4.78, 5) is 0.268. The van der Waals surface area contributed by atoms with Crippen molar-refractivity contribution in [1.82, 2.24) is 4.31 Å². The van der Waals surface area contributed by atoms with Crippen LogP contribution in [0.3, 0.4) is 0 Å². The van der Waals surface area contributed by atoms with Crippen LogP contribution < -0.4 is 10.6 Å². The molecule has 132 valence electrons. The zero-order chi connectivity index (χ0) is 17.9. The predicted octanol–water partition coefficient (Wildman–Crippen LogP) is 3.42. The Labute approximate surface area is 151 Å². The van der Waals surface area contributed by atoms with E-state index in [9.17, 15) is 12.8 Å². The van der Waals surface area contributed by atoms with Gasteiger partial charge in [0.1, 0.15) is 5.82 Å². The van der Waals surface area contributed by atoms with Crippen LogP contribution in [0.5, 0.6) is 0 Å². The van der Waals surface area contributed by atoms with Gasteiger partial charge < -0.3 is 10.6 Å². The topological polar surface area (TPSA) is 61.4 Å². The highest BCUT2D eigenvalue weighted by molar-refractivity contribution is 7.89. The Morgan fingerprint density at radius 1 is 1.00 bits per heavy atom. The molecule has 0 aliphatic carbocycles. The number of hydrogen-bond acceptors (Lipinski definition) is 3. The molecule has 0 saturated carbocycles. The van der Waals surface area contributed by atoms with Crippen molar-refractivity contribution in [2.45, 2.75) is 17.7 Å². The van der Waals surface area contributed by atoms with Crippen molar-refractivity contribution in [3.8, 4) is 0 Å². The lowest BCUT2D eigenvalue weighted by Crippen LogP contribution is -2.27. The van der Waals surface area contributed by atoms with E-state index in [0.717, 1.165) is 12.8 Å². The first-order valence-corrected chi connectivity index (χ1v) is 9.74. The number of anilines is 2. The monoisotopic (exact) mass is 379 g/mol. The highest BCUT2D eigenvalue weighted by Crippen LogP contribution is 2.22. The average molecular weight is 379 g/mol. The summed E-state index contributed by atoms with van der Waals surface area (Å²) in [7, 11) is -3.42. The van der Waals surface area contributed by atoms with Crippen molar-refractivity contribution in [1.29, 1.82) is 0 Å². The predicted molar refractivity (Wildman–Crippen MR) is 101 cm³/mol. The molecule has 3 rings (SSSR count). The van der Waals surface area contributed by atoms with Crippen molar-refractivity contribution < 1.29 is 12.8 Å². The molecule has 1 aliphatic rings. The van der Waals surface area contributed by atoms with E-state index in [2.05, 4.69) is 10.6 Å². The molecule has 1 heterocycles. The molecule has 8 heteroatoms. The van der Waals surface area contributed by atoms with Crippen LogP contribution in [0.25, 0.3) is 0 Å². The van der Waals surface area contributed by atoms with Crippen LogP contribution in [0.15, 0.2) is 53.4 Å². The first-order chi connectivity index (χ1) is 11.9. The van der Waals surface area contributed by atoms with Gasteiger partial charge in [-0.2, -0.15) is 4.31 Å². The molecule has 0 bridgehead atoms. The van der Waals surface area contributed by atoms with E-state index in [4.69, 9.17) is 12.2 Å². The largest absolute Gasteiger partial charge is 0.332 e. The van der Waals surface area contributed by atoms with Gasteiger partial charge in [0.05, 0.1) is 4.90 Å². The smallest absolute Gasteiger partial charge is 0.243 e. The third kappa shape index (κ3) is 4.33. The van der Waals surface area contributed by atoms with Crippen molar-refractivity contribution in [3.05, 3.63) is 54.3 Å². The maximum atomic E-state index is 13.2. The van der Waals surface area contributed by atoms with Crippen LogP contribution in [0, 0.1) is 5.82 Å². The Morgan fingerprint density at radius 2 is 1.64 bits per heavy atom. The summed E-state index contributed by atoms with van der Waals surface area (Å²) < 4.78 is 39.6. The zero-order valence-corrected chi connectivity index (χ0v) is 15.0. The highest BCUT2D eigenvalue weighted by atomic mass is 32.2. The molecule has 25 heavy (non-hydrogen) atoms. The fraction of sp³-hybridized carbons (Fsp3) is 0.235. The summed E-state index contributed by atoms with van der Waals surface area (Å²) >= 11 is 5.18. The maximum Gasteiger partial charge on any atom is 0.243 e. The van der Waals surface area contributed by atoms with Gasteiger partial charge in [-0.25, -0.2) is 12.8 Å². The number of nitrogens with zero attached hydrogens (tertiary/aromatic N) is 1. The number of thiocarbonyl (C=S) groups is 1. The van der Waals surface area contributed by atoms with Crippen LogP contribution in [0.4, 0.5) is 15.8 Å². The molecule has 2 N–H and O–H groups in total. The Balaban J connectivity index is 1.65. The summed E-state index contributed by atoms with van der Waals surface area (Å²) in [6.07, 6.45) is 1.80. The number of halogens is 1. The SMILES string of the molecule is O=S(=O)(c1ccc(NC(=S)Nc2cccc(F)c2)cc1)N1CCCC1. The molecule has 1 aliphatic heterocycles. The molecule has 0 amide bonds. The van der Waals surface area contributed by atoms with E-state index in [0.29, 0.717) is 29.6 Å². The lowest BCUT2D eigenvalue weighted by Gasteiger charge is -2.16. The van der Waals surface area contributed by atoms with E-state index >= 15 is 0 Å². The summed E-state index contributed by atoms with van der Waals surface area (Å²) in [5.74, 6) is -0.357. The molecule has 2 aromatic carbocycles. The quantitative estimate of drug-likeness (QED) is 0.797. The molecule has 0 radical (unpaired) electrons. The summed E-state index contributed by atoms with van der Waals surface area (Å²) in [6, 6.07) is 12.4. The van der Waals surface area contributed by atoms with E-state index in [-0.39, 0.29) is 10.7 Å². The molecule has 1 fully saturated rings. The number of nitrogens with one attached hydrogen (secondary N) is 2. The minimum atomic E-state index is -3.42. The van der Waals surface area contributed by atoms with Gasteiger partial charge in [0.2, 0.25) is 10.0 Å². The second-order valence-electron chi connectivity index (χ2n) is 5.73. The third-order valence-electron chi connectivity index (χ3n) is 3.90. The van der Waals surface area contributed by atoms with Crippen LogP contribution in [-0.4, -0.2) is 30.9 Å². The molecule has 1 saturated heterocycles. The summed E-state index contributed by atoms with van der Waals surface area (Å²) in [5.41, 5.74) is 1.18. The second-order valence-corrected chi connectivity index (χ2v) is 8.07. The maximum absolute atomic E-state index is 13.2. The number of rotatable bonds is 4. The normalized spacial score (nSPS) is 15.1. The number of sulfonamides is 1. The number of benzene rings is 2. The molecule has 2 aromatic rings. The highest BCUT2D eigenvalue weighted by Gasteiger charge is 2.26. The molecule has 0 unspecified atom stereocenters. The third-order valence-corrected chi connectivity index (χ3v) is 6.01. The van der Waals surface area contributed by atoms with Gasteiger partial charge in [-0.15, -0.1) is 0 Å². The number of hydrogen-bond donors (Lipinski definition) is 2. The molecule has 0 spiro atoms. The van der Waals surface area contributed by atoms with Crippen molar-refractivity contribution in [2.75, 3.05) is 23.7 Å². The van der Waals surface area contributed by atoms with Gasteiger partial charge in [-0.05, 0) is 67.5 Å². The van der Waals surface area contributed by atoms with Crippen LogP contribution in [0.1, 0.15) is 12.8 Å². The fourth-order valence-electron chi connectivity index (χ4n) is 2.65. The summed E-state index contributed by atoms with van der Waals surface area (Å²) in [5, 5.41) is 6.11. The van der Waals surface area contributed by atoms with Crippen molar-refractivity contribution in [3.63, 3.8) is 0 Å². The summed E-state index contributed by atoms with van der Waals surface area (Å²) in [6.45, 7) is 1.15. The lowest BCUT2D eigenvalue weighted by atomic mass is 10.3. The van der Waals surface area contributed by atoms with E-state index in [1.54, 1.807) is 36.4 Å². The minimum absolute atomic E-state index is 0.268. The standard InChI is InChI=1S/C17H18FN3O2S2/c18-13-4-3-5-15(12-13)20-17(24)19-14-6-8-16(9-7-14)25(22,23)21-10-1-2-11-21/h3-9,12H,1-2,10-11H2,(H2,19,20,24). The first-order valence-electron chi connectivity index (χ1n) is 7.89. The van der Waals surface area contributed by atoms with Gasteiger partial charge >= 0.3 is 0 Å². The van der Waals surface area contributed by atoms with Crippen LogP contribution >= 0.6 is 12.2 Å². The minimum Gasteiger partial charge on any atom is -0.332 e. The zero-order valence-electron chi connectivity index (χ0n) is 13.4. The van der Waals surface area contributed by atoms with E-state index in [1.807, 2.05) is 0 Å². The molecule has 5 nitrogen and oxygen atoms in total. The fourth-order valence-corrected chi connectivity index (χ4v) is 4.40. The lowest BCUT2D eigenvalue weighted by molar-refractivity contribution is 0.477. The van der Waals surface area contributed by atoms with Gasteiger partial charge in [0.15, 0.2) is 5.11 Å². The Morgan fingerprint density at radius 3 is 2.28 bits per heavy atom.